The van der Waals surface area contributed by atoms with Crippen LogP contribution in [0.4, 0.5) is 11.4 Å². The van der Waals surface area contributed by atoms with Gasteiger partial charge in [0.05, 0.1) is 23.8 Å². The van der Waals surface area contributed by atoms with Gasteiger partial charge in [0.2, 0.25) is 0 Å². The first kappa shape index (κ1) is 9.51. The molecule has 0 saturated carbocycles. The van der Waals surface area contributed by atoms with Gasteiger partial charge in [0.15, 0.2) is 0 Å². The van der Waals surface area contributed by atoms with E-state index in [0.717, 1.165) is 11.3 Å². The summed E-state index contributed by atoms with van der Waals surface area (Å²) in [5.41, 5.74) is 8.41. The monoisotopic (exact) mass is 203 g/mol. The van der Waals surface area contributed by atoms with E-state index in [9.17, 15) is 0 Å². The lowest BCUT2D eigenvalue weighted by atomic mass is 10.3. The number of nitrogen functional groups attached to an aromatic ring is 1. The van der Waals surface area contributed by atoms with E-state index in [4.69, 9.17) is 5.73 Å². The minimum atomic E-state index is 0.654. The molecule has 15 heavy (non-hydrogen) atoms. The van der Waals surface area contributed by atoms with Crippen LogP contribution >= 0.6 is 0 Å². The number of nitrogens with zero attached hydrogens (tertiary/aromatic N) is 3. The number of nitrogens with two attached hydrogens (primary N) is 1. The van der Waals surface area contributed by atoms with E-state index in [0.29, 0.717) is 12.2 Å². The topological polar surface area (TPSA) is 68.8 Å². The van der Waals surface area contributed by atoms with Gasteiger partial charge < -0.3 is 11.1 Å². The molecular weight excluding hydrogens is 190 g/mol. The van der Waals surface area contributed by atoms with Gasteiger partial charge in [-0.2, -0.15) is 5.10 Å². The molecule has 0 bridgehead atoms. The fraction of sp³-hybridized carbons (Fsp3) is 0.200. The van der Waals surface area contributed by atoms with E-state index in [2.05, 4.69) is 15.4 Å². The lowest BCUT2D eigenvalue weighted by Crippen LogP contribution is -2.01. The molecule has 0 spiro atoms. The smallest absolute Gasteiger partial charge is 0.0736 e. The highest BCUT2D eigenvalue weighted by Crippen LogP contribution is 2.15. The van der Waals surface area contributed by atoms with E-state index >= 15 is 0 Å². The van der Waals surface area contributed by atoms with Crippen LogP contribution in [0.1, 0.15) is 5.56 Å². The van der Waals surface area contributed by atoms with Crippen molar-refractivity contribution in [3.05, 3.63) is 36.4 Å². The number of aromatic nitrogens is 3. The molecule has 2 aromatic rings. The third kappa shape index (κ3) is 2.25. The molecule has 0 aliphatic rings. The van der Waals surface area contributed by atoms with Crippen LogP contribution < -0.4 is 11.1 Å². The number of aryl methyl sites for hydroxylation is 1. The summed E-state index contributed by atoms with van der Waals surface area (Å²) in [5.74, 6) is 0. The second kappa shape index (κ2) is 4.00. The Morgan fingerprint density at radius 2 is 2.33 bits per heavy atom. The number of nitrogens with one attached hydrogen (secondary N) is 1. The van der Waals surface area contributed by atoms with E-state index in [1.807, 2.05) is 25.5 Å². The van der Waals surface area contributed by atoms with Gasteiger partial charge in [-0.15, -0.1) is 0 Å². The van der Waals surface area contributed by atoms with Crippen LogP contribution in [0.3, 0.4) is 0 Å². The van der Waals surface area contributed by atoms with Crippen LogP contribution in [0.15, 0.2) is 30.9 Å². The van der Waals surface area contributed by atoms with E-state index < -0.39 is 0 Å². The molecule has 0 amide bonds. The molecule has 0 unspecified atom stereocenters. The Bertz CT molecular complexity index is 449. The zero-order chi connectivity index (χ0) is 10.7. The predicted octanol–water partition coefficient (Wildman–Crippen LogP) is 1.01. The van der Waals surface area contributed by atoms with Crippen molar-refractivity contribution in [2.45, 2.75) is 6.54 Å². The number of pyridine rings is 1. The van der Waals surface area contributed by atoms with Crippen molar-refractivity contribution in [1.82, 2.24) is 14.8 Å². The van der Waals surface area contributed by atoms with Crippen LogP contribution in [0, 0.1) is 0 Å². The molecule has 0 aromatic carbocycles. The zero-order valence-electron chi connectivity index (χ0n) is 8.51. The first-order chi connectivity index (χ1) is 7.25. The average Bonchev–Trinajstić information content (AvgIpc) is 2.63. The molecule has 2 heterocycles. The van der Waals surface area contributed by atoms with Crippen molar-refractivity contribution in [3.8, 4) is 0 Å². The van der Waals surface area contributed by atoms with Gasteiger partial charge in [-0.3, -0.25) is 9.67 Å². The number of hydrogen-bond acceptors (Lipinski definition) is 4. The molecule has 0 radical (unpaired) electrons. The molecule has 78 valence electrons. The third-order valence-electron chi connectivity index (χ3n) is 2.09. The molecule has 0 saturated heterocycles. The Labute approximate surface area is 87.9 Å². The Kier molecular flexibility index (Phi) is 2.53. The second-order valence-corrected chi connectivity index (χ2v) is 3.34. The van der Waals surface area contributed by atoms with Gasteiger partial charge in [0.25, 0.3) is 0 Å². The summed E-state index contributed by atoms with van der Waals surface area (Å²) in [6.07, 6.45) is 7.13. The molecule has 0 aliphatic carbocycles. The standard InChI is InChI=1S/C10H13N5/c1-15-7-8(5-14-15)4-13-10-2-3-12-6-9(10)11/h2-3,5-7H,4,11H2,1H3,(H,12,13). The number of hydrogen-bond donors (Lipinski definition) is 2. The van der Waals surface area contributed by atoms with Gasteiger partial charge in [-0.25, -0.2) is 0 Å². The molecule has 3 N–H and O–H groups in total. The van der Waals surface area contributed by atoms with Crippen LogP contribution in [-0.4, -0.2) is 14.8 Å². The van der Waals surface area contributed by atoms with E-state index in [1.54, 1.807) is 17.1 Å². The molecule has 0 aliphatic heterocycles. The highest BCUT2D eigenvalue weighted by Gasteiger charge is 1.99. The van der Waals surface area contributed by atoms with Crippen molar-refractivity contribution >= 4 is 11.4 Å². The average molecular weight is 203 g/mol. The molecule has 0 atom stereocenters. The Balaban J connectivity index is 2.02. The Morgan fingerprint density at radius 3 is 3.00 bits per heavy atom. The molecule has 5 heteroatoms. The summed E-state index contributed by atoms with van der Waals surface area (Å²) in [7, 11) is 1.89. The highest BCUT2D eigenvalue weighted by atomic mass is 15.2. The predicted molar refractivity (Wildman–Crippen MR) is 59.2 cm³/mol. The van der Waals surface area contributed by atoms with Gasteiger partial charge in [0.1, 0.15) is 0 Å². The van der Waals surface area contributed by atoms with Gasteiger partial charge >= 0.3 is 0 Å². The number of rotatable bonds is 3. The van der Waals surface area contributed by atoms with Crippen LogP contribution in [0.2, 0.25) is 0 Å². The first-order valence-electron chi connectivity index (χ1n) is 4.66. The third-order valence-corrected chi connectivity index (χ3v) is 2.09. The zero-order valence-corrected chi connectivity index (χ0v) is 8.51. The lowest BCUT2D eigenvalue weighted by Gasteiger charge is -2.06. The highest BCUT2D eigenvalue weighted by molar-refractivity contribution is 5.64. The van der Waals surface area contributed by atoms with Crippen LogP contribution in [0.25, 0.3) is 0 Å². The van der Waals surface area contributed by atoms with Crippen LogP contribution in [0.5, 0.6) is 0 Å². The first-order valence-corrected chi connectivity index (χ1v) is 4.66. The van der Waals surface area contributed by atoms with Crippen molar-refractivity contribution in [3.63, 3.8) is 0 Å². The molecular formula is C10H13N5. The maximum absolute atomic E-state index is 5.74. The molecule has 0 fully saturated rings. The van der Waals surface area contributed by atoms with Crippen molar-refractivity contribution in [2.75, 3.05) is 11.1 Å². The maximum Gasteiger partial charge on any atom is 0.0736 e. The minimum absolute atomic E-state index is 0.654. The SMILES string of the molecule is Cn1cc(CNc2ccncc2N)cn1. The summed E-state index contributed by atoms with van der Waals surface area (Å²) in [5, 5.41) is 7.31. The second-order valence-electron chi connectivity index (χ2n) is 3.34. The maximum atomic E-state index is 5.74. The van der Waals surface area contributed by atoms with Crippen molar-refractivity contribution in [1.29, 1.82) is 0 Å². The lowest BCUT2D eigenvalue weighted by molar-refractivity contribution is 0.767. The Morgan fingerprint density at radius 1 is 1.47 bits per heavy atom. The fourth-order valence-electron chi connectivity index (χ4n) is 1.33. The van der Waals surface area contributed by atoms with Gasteiger partial charge in [-0.1, -0.05) is 0 Å². The number of anilines is 2. The fourth-order valence-corrected chi connectivity index (χ4v) is 1.33. The largest absolute Gasteiger partial charge is 0.396 e. The summed E-state index contributed by atoms with van der Waals surface area (Å²) in [6.45, 7) is 0.710. The quantitative estimate of drug-likeness (QED) is 0.781. The molecule has 2 rings (SSSR count). The summed E-state index contributed by atoms with van der Waals surface area (Å²) in [6, 6.07) is 1.85. The summed E-state index contributed by atoms with van der Waals surface area (Å²) < 4.78 is 1.77. The van der Waals surface area contributed by atoms with Crippen molar-refractivity contribution < 1.29 is 0 Å². The summed E-state index contributed by atoms with van der Waals surface area (Å²) >= 11 is 0. The molecule has 2 aromatic heterocycles. The van der Waals surface area contributed by atoms with Gasteiger partial charge in [0, 0.05) is 31.5 Å². The summed E-state index contributed by atoms with van der Waals surface area (Å²) in [4.78, 5) is 3.92. The Hall–Kier alpha value is -2.04. The van der Waals surface area contributed by atoms with E-state index in [-0.39, 0.29) is 0 Å². The van der Waals surface area contributed by atoms with Crippen molar-refractivity contribution in [2.24, 2.45) is 7.05 Å². The van der Waals surface area contributed by atoms with Gasteiger partial charge in [-0.05, 0) is 6.07 Å². The normalized spacial score (nSPS) is 10.2. The van der Waals surface area contributed by atoms with Crippen LogP contribution in [-0.2, 0) is 13.6 Å². The minimum Gasteiger partial charge on any atom is -0.396 e. The van der Waals surface area contributed by atoms with E-state index in [1.165, 1.54) is 0 Å². The molecule has 5 nitrogen and oxygen atoms in total.